The van der Waals surface area contributed by atoms with E-state index in [9.17, 15) is 10.2 Å². The standard InChI is InChI=1S/C20H22O6/c1-23-17-9-14(18-15-11-25-19(21)20(15,22)12-26-18)7-8-16(17)24-10-13-5-3-2-4-6-13/h2-9,15,18-19,21-22H,10-12H2,1H3/t15-,18-,19+,20-/m1/s1. The second kappa shape index (κ2) is 6.89. The first-order valence-electron chi connectivity index (χ1n) is 8.60. The molecule has 26 heavy (non-hydrogen) atoms. The monoisotopic (exact) mass is 358 g/mol. The van der Waals surface area contributed by atoms with Crippen LogP contribution in [0.15, 0.2) is 48.5 Å². The minimum Gasteiger partial charge on any atom is -0.493 e. The Morgan fingerprint density at radius 1 is 1.12 bits per heavy atom. The highest BCUT2D eigenvalue weighted by molar-refractivity contribution is 5.44. The normalized spacial score (nSPS) is 30.2. The highest BCUT2D eigenvalue weighted by Gasteiger charge is 2.58. The van der Waals surface area contributed by atoms with Crippen LogP contribution in [-0.4, -0.2) is 42.4 Å². The van der Waals surface area contributed by atoms with Gasteiger partial charge in [-0.25, -0.2) is 0 Å². The van der Waals surface area contributed by atoms with Gasteiger partial charge in [-0.3, -0.25) is 0 Å². The lowest BCUT2D eigenvalue weighted by Crippen LogP contribution is -2.43. The van der Waals surface area contributed by atoms with Gasteiger partial charge in [0.1, 0.15) is 12.2 Å². The SMILES string of the molecule is COc1cc([C@H]2OC[C@@]3(O)[C@@H]2CO[C@@H]3O)ccc1OCc1ccccc1. The molecular formula is C20H22O6. The molecule has 2 aromatic rings. The van der Waals surface area contributed by atoms with E-state index in [1.54, 1.807) is 7.11 Å². The van der Waals surface area contributed by atoms with Crippen molar-refractivity contribution in [3.05, 3.63) is 59.7 Å². The smallest absolute Gasteiger partial charge is 0.186 e. The Morgan fingerprint density at radius 2 is 1.92 bits per heavy atom. The van der Waals surface area contributed by atoms with Gasteiger partial charge in [-0.15, -0.1) is 0 Å². The van der Waals surface area contributed by atoms with Crippen LogP contribution in [0.1, 0.15) is 17.2 Å². The Kier molecular flexibility index (Phi) is 4.58. The van der Waals surface area contributed by atoms with E-state index in [1.807, 2.05) is 48.5 Å². The third kappa shape index (κ3) is 2.95. The molecule has 0 radical (unpaired) electrons. The van der Waals surface area contributed by atoms with Crippen LogP contribution in [-0.2, 0) is 16.1 Å². The number of fused-ring (bicyclic) bond motifs is 1. The number of benzene rings is 2. The van der Waals surface area contributed by atoms with E-state index in [-0.39, 0.29) is 25.2 Å². The van der Waals surface area contributed by atoms with Crippen molar-refractivity contribution in [1.82, 2.24) is 0 Å². The van der Waals surface area contributed by atoms with Crippen molar-refractivity contribution in [3.63, 3.8) is 0 Å². The van der Waals surface area contributed by atoms with Gasteiger partial charge in [0, 0.05) is 5.92 Å². The van der Waals surface area contributed by atoms with E-state index in [2.05, 4.69) is 0 Å². The summed E-state index contributed by atoms with van der Waals surface area (Å²) in [5, 5.41) is 20.4. The number of aliphatic hydroxyl groups is 2. The molecule has 0 aliphatic carbocycles. The molecule has 4 atom stereocenters. The molecular weight excluding hydrogens is 336 g/mol. The average Bonchev–Trinajstić information content (AvgIpc) is 3.16. The van der Waals surface area contributed by atoms with Gasteiger partial charge in [0.25, 0.3) is 0 Å². The molecule has 6 heteroatoms. The van der Waals surface area contributed by atoms with Gasteiger partial charge >= 0.3 is 0 Å². The summed E-state index contributed by atoms with van der Waals surface area (Å²) in [4.78, 5) is 0. The Morgan fingerprint density at radius 3 is 2.69 bits per heavy atom. The van der Waals surface area contributed by atoms with E-state index in [4.69, 9.17) is 18.9 Å². The lowest BCUT2D eigenvalue weighted by Gasteiger charge is -2.23. The first-order valence-corrected chi connectivity index (χ1v) is 8.60. The van der Waals surface area contributed by atoms with Crippen LogP contribution in [0.4, 0.5) is 0 Å². The summed E-state index contributed by atoms with van der Waals surface area (Å²) in [5.74, 6) is 0.909. The largest absolute Gasteiger partial charge is 0.493 e. The highest BCUT2D eigenvalue weighted by Crippen LogP contribution is 2.48. The average molecular weight is 358 g/mol. The van der Waals surface area contributed by atoms with Gasteiger partial charge in [-0.1, -0.05) is 36.4 Å². The molecule has 2 heterocycles. The maximum Gasteiger partial charge on any atom is 0.186 e. The van der Waals surface area contributed by atoms with E-state index in [1.165, 1.54) is 0 Å². The molecule has 0 saturated carbocycles. The van der Waals surface area contributed by atoms with Crippen molar-refractivity contribution in [2.24, 2.45) is 5.92 Å². The molecule has 2 fully saturated rings. The van der Waals surface area contributed by atoms with Crippen molar-refractivity contribution in [2.75, 3.05) is 20.3 Å². The zero-order valence-electron chi connectivity index (χ0n) is 14.5. The lowest BCUT2D eigenvalue weighted by molar-refractivity contribution is -0.167. The van der Waals surface area contributed by atoms with Gasteiger partial charge in [-0.05, 0) is 23.3 Å². The zero-order chi connectivity index (χ0) is 18.1. The molecule has 0 bridgehead atoms. The fourth-order valence-corrected chi connectivity index (χ4v) is 3.58. The highest BCUT2D eigenvalue weighted by atomic mass is 16.6. The van der Waals surface area contributed by atoms with Crippen LogP contribution in [0.5, 0.6) is 11.5 Å². The molecule has 0 aromatic heterocycles. The Labute approximate surface area is 151 Å². The van der Waals surface area contributed by atoms with Gasteiger partial charge < -0.3 is 29.2 Å². The molecule has 2 aliphatic heterocycles. The minimum atomic E-state index is -1.36. The van der Waals surface area contributed by atoms with Crippen LogP contribution in [0, 0.1) is 5.92 Å². The molecule has 2 saturated heterocycles. The number of hydrogen-bond donors (Lipinski definition) is 2. The summed E-state index contributed by atoms with van der Waals surface area (Å²) in [5.41, 5.74) is 0.563. The fourth-order valence-electron chi connectivity index (χ4n) is 3.58. The van der Waals surface area contributed by atoms with Crippen LogP contribution < -0.4 is 9.47 Å². The van der Waals surface area contributed by atoms with Gasteiger partial charge in [-0.2, -0.15) is 0 Å². The van der Waals surface area contributed by atoms with E-state index < -0.39 is 11.9 Å². The molecule has 2 aromatic carbocycles. The second-order valence-corrected chi connectivity index (χ2v) is 6.70. The predicted molar refractivity (Wildman–Crippen MR) is 92.9 cm³/mol. The van der Waals surface area contributed by atoms with Crippen LogP contribution in [0.2, 0.25) is 0 Å². The summed E-state index contributed by atoms with van der Waals surface area (Å²) in [6.45, 7) is 0.730. The summed E-state index contributed by atoms with van der Waals surface area (Å²) < 4.78 is 22.3. The first-order chi connectivity index (χ1) is 12.6. The molecule has 4 rings (SSSR count). The Hall–Kier alpha value is -2.12. The molecule has 0 amide bonds. The van der Waals surface area contributed by atoms with Crippen LogP contribution in [0.3, 0.4) is 0 Å². The van der Waals surface area contributed by atoms with Crippen molar-refractivity contribution in [3.8, 4) is 11.5 Å². The molecule has 0 spiro atoms. The van der Waals surface area contributed by atoms with Crippen molar-refractivity contribution in [1.29, 1.82) is 0 Å². The summed E-state index contributed by atoms with van der Waals surface area (Å²) in [6.07, 6.45) is -1.58. The minimum absolute atomic E-state index is 0.0398. The van der Waals surface area contributed by atoms with Crippen molar-refractivity contribution >= 4 is 0 Å². The van der Waals surface area contributed by atoms with Crippen molar-refractivity contribution in [2.45, 2.75) is 24.6 Å². The number of hydrogen-bond acceptors (Lipinski definition) is 6. The summed E-state index contributed by atoms with van der Waals surface area (Å²) >= 11 is 0. The van der Waals surface area contributed by atoms with Gasteiger partial charge in [0.15, 0.2) is 17.8 Å². The maximum absolute atomic E-state index is 10.6. The molecule has 6 nitrogen and oxygen atoms in total. The van der Waals surface area contributed by atoms with E-state index >= 15 is 0 Å². The van der Waals surface area contributed by atoms with E-state index in [0.717, 1.165) is 11.1 Å². The number of aliphatic hydroxyl groups excluding tert-OH is 1. The maximum atomic E-state index is 10.6. The third-order valence-electron chi connectivity index (χ3n) is 5.12. The van der Waals surface area contributed by atoms with E-state index in [0.29, 0.717) is 18.1 Å². The number of rotatable bonds is 5. The van der Waals surface area contributed by atoms with Gasteiger partial charge in [0.2, 0.25) is 0 Å². The third-order valence-corrected chi connectivity index (χ3v) is 5.12. The number of methoxy groups -OCH3 is 1. The van der Waals surface area contributed by atoms with Crippen LogP contribution in [0.25, 0.3) is 0 Å². The zero-order valence-corrected chi connectivity index (χ0v) is 14.5. The predicted octanol–water partition coefficient (Wildman–Crippen LogP) is 2.04. The topological polar surface area (TPSA) is 77.4 Å². The number of ether oxygens (including phenoxy) is 4. The summed E-state index contributed by atoms with van der Waals surface area (Å²) in [6, 6.07) is 15.5. The molecule has 138 valence electrons. The molecule has 2 N–H and O–H groups in total. The first kappa shape index (κ1) is 17.3. The molecule has 0 unspecified atom stereocenters. The summed E-state index contributed by atoms with van der Waals surface area (Å²) in [7, 11) is 1.59. The quantitative estimate of drug-likeness (QED) is 0.852. The Balaban J connectivity index is 1.52. The Bertz CT molecular complexity index is 764. The van der Waals surface area contributed by atoms with Crippen LogP contribution >= 0.6 is 0 Å². The second-order valence-electron chi connectivity index (χ2n) is 6.70. The van der Waals surface area contributed by atoms with Gasteiger partial charge in [0.05, 0.1) is 26.4 Å². The molecule has 2 aliphatic rings. The lowest BCUT2D eigenvalue weighted by atomic mass is 9.86. The fraction of sp³-hybridized carbons (Fsp3) is 0.400. The van der Waals surface area contributed by atoms with Crippen molar-refractivity contribution < 1.29 is 29.2 Å².